The number of alkyl halides is 3. The SMILES string of the molecule is O=Cc1cccc(Cl)c1C(Cl)(Cl)Cl. The second kappa shape index (κ2) is 4.05. The first kappa shape index (κ1) is 11.1. The van der Waals surface area contributed by atoms with E-state index in [1.54, 1.807) is 12.1 Å². The predicted molar refractivity (Wildman–Crippen MR) is 56.1 cm³/mol. The van der Waals surface area contributed by atoms with Crippen LogP contribution in [-0.4, -0.2) is 6.29 Å². The van der Waals surface area contributed by atoms with Crippen LogP contribution in [0.2, 0.25) is 5.02 Å². The smallest absolute Gasteiger partial charge is 0.218 e. The van der Waals surface area contributed by atoms with Crippen LogP contribution in [0.3, 0.4) is 0 Å². The van der Waals surface area contributed by atoms with E-state index in [9.17, 15) is 4.79 Å². The summed E-state index contributed by atoms with van der Waals surface area (Å²) < 4.78 is -1.67. The fourth-order valence-electron chi connectivity index (χ4n) is 0.938. The number of carbonyl (C=O) groups is 1. The maximum absolute atomic E-state index is 10.6. The number of aldehydes is 1. The topological polar surface area (TPSA) is 17.1 Å². The molecule has 0 atom stereocenters. The summed E-state index contributed by atoms with van der Waals surface area (Å²) >= 11 is 22.7. The Balaban J connectivity index is 3.40. The van der Waals surface area contributed by atoms with Crippen molar-refractivity contribution in [1.29, 1.82) is 0 Å². The number of hydrogen-bond acceptors (Lipinski definition) is 1. The summed E-state index contributed by atoms with van der Waals surface area (Å²) in [5, 5.41) is 0.268. The zero-order valence-corrected chi connectivity index (χ0v) is 9.25. The van der Waals surface area contributed by atoms with E-state index in [4.69, 9.17) is 46.4 Å². The lowest BCUT2D eigenvalue weighted by atomic mass is 10.1. The molecule has 0 amide bonds. The third-order valence-electron chi connectivity index (χ3n) is 1.46. The van der Waals surface area contributed by atoms with E-state index >= 15 is 0 Å². The molecular weight excluding hydrogens is 254 g/mol. The number of benzene rings is 1. The lowest BCUT2D eigenvalue weighted by Gasteiger charge is -2.14. The number of halogens is 4. The normalized spacial score (nSPS) is 11.4. The zero-order valence-electron chi connectivity index (χ0n) is 6.23. The highest BCUT2D eigenvalue weighted by molar-refractivity contribution is 6.67. The molecule has 0 N–H and O–H groups in total. The van der Waals surface area contributed by atoms with Gasteiger partial charge in [-0.05, 0) is 6.07 Å². The van der Waals surface area contributed by atoms with Crippen LogP contribution in [0.25, 0.3) is 0 Å². The Bertz CT molecular complexity index is 329. The zero-order chi connectivity index (χ0) is 10.1. The predicted octanol–water partition coefficient (Wildman–Crippen LogP) is 3.98. The van der Waals surface area contributed by atoms with Crippen molar-refractivity contribution < 1.29 is 4.79 Å². The van der Waals surface area contributed by atoms with Crippen LogP contribution in [0.1, 0.15) is 15.9 Å². The molecule has 0 aliphatic carbocycles. The van der Waals surface area contributed by atoms with E-state index in [2.05, 4.69) is 0 Å². The molecule has 70 valence electrons. The number of rotatable bonds is 1. The molecule has 0 radical (unpaired) electrons. The summed E-state index contributed by atoms with van der Waals surface area (Å²) in [5.74, 6) is 0. The third-order valence-corrected chi connectivity index (χ3v) is 2.34. The standard InChI is InChI=1S/C8H4Cl4O/c9-6-3-1-2-5(4-13)7(6)8(10,11)12/h1-4H. The Hall–Kier alpha value is 0.0500. The van der Waals surface area contributed by atoms with Gasteiger partial charge in [0.25, 0.3) is 0 Å². The highest BCUT2D eigenvalue weighted by Crippen LogP contribution is 2.43. The van der Waals surface area contributed by atoms with Crippen molar-refractivity contribution in [2.24, 2.45) is 0 Å². The Morgan fingerprint density at radius 2 is 1.85 bits per heavy atom. The summed E-state index contributed by atoms with van der Waals surface area (Å²) in [6.07, 6.45) is 0.600. The second-order valence-electron chi connectivity index (χ2n) is 2.32. The summed E-state index contributed by atoms with van der Waals surface area (Å²) in [6, 6.07) is 4.72. The molecule has 0 fully saturated rings. The number of hydrogen-bond donors (Lipinski definition) is 0. The van der Waals surface area contributed by atoms with Gasteiger partial charge in [0.1, 0.15) is 0 Å². The van der Waals surface area contributed by atoms with Gasteiger partial charge in [-0.1, -0.05) is 58.5 Å². The molecule has 0 saturated carbocycles. The van der Waals surface area contributed by atoms with Gasteiger partial charge in [0.15, 0.2) is 6.29 Å². The molecule has 1 nitrogen and oxygen atoms in total. The quantitative estimate of drug-likeness (QED) is 0.550. The highest BCUT2D eigenvalue weighted by Gasteiger charge is 2.28. The van der Waals surface area contributed by atoms with E-state index in [1.165, 1.54) is 6.07 Å². The van der Waals surface area contributed by atoms with Crippen molar-refractivity contribution in [1.82, 2.24) is 0 Å². The van der Waals surface area contributed by atoms with E-state index < -0.39 is 3.79 Å². The number of carbonyl (C=O) groups excluding carboxylic acids is 1. The van der Waals surface area contributed by atoms with Gasteiger partial charge in [0, 0.05) is 16.1 Å². The van der Waals surface area contributed by atoms with Gasteiger partial charge < -0.3 is 0 Å². The van der Waals surface area contributed by atoms with Gasteiger partial charge in [-0.15, -0.1) is 0 Å². The Kier molecular flexibility index (Phi) is 3.47. The molecule has 5 heteroatoms. The van der Waals surface area contributed by atoms with Gasteiger partial charge in [-0.2, -0.15) is 0 Å². The average molecular weight is 258 g/mol. The molecule has 0 saturated heterocycles. The maximum Gasteiger partial charge on any atom is 0.218 e. The monoisotopic (exact) mass is 256 g/mol. The molecule has 0 unspecified atom stereocenters. The van der Waals surface area contributed by atoms with Crippen LogP contribution in [0, 0.1) is 0 Å². The van der Waals surface area contributed by atoms with Gasteiger partial charge in [0.2, 0.25) is 3.79 Å². The summed E-state index contributed by atoms with van der Waals surface area (Å²) in [4.78, 5) is 10.6. The van der Waals surface area contributed by atoms with E-state index in [0.717, 1.165) is 0 Å². The Morgan fingerprint density at radius 1 is 1.23 bits per heavy atom. The first-order chi connectivity index (χ1) is 5.96. The first-order valence-corrected chi connectivity index (χ1v) is 4.79. The van der Waals surface area contributed by atoms with Gasteiger partial charge in [-0.3, -0.25) is 4.79 Å². The molecule has 0 spiro atoms. The van der Waals surface area contributed by atoms with Crippen LogP contribution in [0.15, 0.2) is 18.2 Å². The Morgan fingerprint density at radius 3 is 2.23 bits per heavy atom. The first-order valence-electron chi connectivity index (χ1n) is 3.27. The molecule has 1 rings (SSSR count). The van der Waals surface area contributed by atoms with Crippen molar-refractivity contribution in [3.8, 4) is 0 Å². The van der Waals surface area contributed by atoms with Crippen molar-refractivity contribution in [3.05, 3.63) is 34.3 Å². The van der Waals surface area contributed by atoms with E-state index in [-0.39, 0.29) is 16.1 Å². The maximum atomic E-state index is 10.6. The minimum absolute atomic E-state index is 0.219. The van der Waals surface area contributed by atoms with Crippen LogP contribution < -0.4 is 0 Å². The van der Waals surface area contributed by atoms with Crippen molar-refractivity contribution in [2.75, 3.05) is 0 Å². The minimum atomic E-state index is -1.67. The molecular formula is C8H4Cl4O. The molecule has 0 aliphatic heterocycles. The summed E-state index contributed by atoms with van der Waals surface area (Å²) in [5.41, 5.74) is 0.504. The summed E-state index contributed by atoms with van der Waals surface area (Å²) in [7, 11) is 0. The molecule has 1 aromatic carbocycles. The highest BCUT2D eigenvalue weighted by atomic mass is 35.6. The fraction of sp³-hybridized carbons (Fsp3) is 0.125. The summed E-state index contributed by atoms with van der Waals surface area (Å²) in [6.45, 7) is 0. The molecule has 0 aliphatic rings. The van der Waals surface area contributed by atoms with E-state index in [0.29, 0.717) is 6.29 Å². The van der Waals surface area contributed by atoms with Crippen LogP contribution >= 0.6 is 46.4 Å². The van der Waals surface area contributed by atoms with Gasteiger partial charge >= 0.3 is 0 Å². The second-order valence-corrected chi connectivity index (χ2v) is 5.01. The molecule has 13 heavy (non-hydrogen) atoms. The third kappa shape index (κ3) is 2.50. The largest absolute Gasteiger partial charge is 0.298 e. The minimum Gasteiger partial charge on any atom is -0.298 e. The van der Waals surface area contributed by atoms with E-state index in [1.807, 2.05) is 0 Å². The van der Waals surface area contributed by atoms with Gasteiger partial charge in [-0.25, -0.2) is 0 Å². The Labute approximate surface area is 95.5 Å². The van der Waals surface area contributed by atoms with Gasteiger partial charge in [0.05, 0.1) is 0 Å². The molecule has 1 aromatic rings. The van der Waals surface area contributed by atoms with Crippen LogP contribution in [0.5, 0.6) is 0 Å². The average Bonchev–Trinajstić information content (AvgIpc) is 2.01. The van der Waals surface area contributed by atoms with Crippen LogP contribution in [0.4, 0.5) is 0 Å². The molecule has 0 aromatic heterocycles. The lowest BCUT2D eigenvalue weighted by molar-refractivity contribution is 0.112. The van der Waals surface area contributed by atoms with Crippen molar-refractivity contribution >= 4 is 52.7 Å². The van der Waals surface area contributed by atoms with Crippen molar-refractivity contribution in [3.63, 3.8) is 0 Å². The molecule has 0 heterocycles. The van der Waals surface area contributed by atoms with Crippen molar-refractivity contribution in [2.45, 2.75) is 3.79 Å². The van der Waals surface area contributed by atoms with Crippen LogP contribution in [-0.2, 0) is 3.79 Å². The molecule has 0 bridgehead atoms. The fourth-order valence-corrected chi connectivity index (χ4v) is 2.04. The lowest BCUT2D eigenvalue weighted by Crippen LogP contribution is -2.05.